The van der Waals surface area contributed by atoms with Gasteiger partial charge in [-0.25, -0.2) is 9.18 Å². The molecule has 0 bridgehead atoms. The lowest BCUT2D eigenvalue weighted by Gasteiger charge is -2.47. The summed E-state index contributed by atoms with van der Waals surface area (Å²) in [6.07, 6.45) is -0.414. The van der Waals surface area contributed by atoms with Gasteiger partial charge in [-0.2, -0.15) is 0 Å². The number of halogens is 1. The van der Waals surface area contributed by atoms with E-state index >= 15 is 0 Å². The molecule has 8 heteroatoms. The fourth-order valence-corrected chi connectivity index (χ4v) is 2.72. The maximum absolute atomic E-state index is 14.1. The molecular weight excluding hydrogens is 327 g/mol. The number of nitrogens with two attached hydrogens (primary N) is 1. The van der Waals surface area contributed by atoms with Gasteiger partial charge in [-0.3, -0.25) is 4.90 Å². The summed E-state index contributed by atoms with van der Waals surface area (Å²) < 4.78 is 19.5. The molecule has 25 heavy (non-hydrogen) atoms. The summed E-state index contributed by atoms with van der Waals surface area (Å²) in [7, 11) is 1.66. The molecule has 0 aliphatic carbocycles. The van der Waals surface area contributed by atoms with E-state index in [1.54, 1.807) is 46.0 Å². The number of likely N-dealkylation sites (tertiary alicyclic amines) is 1. The number of ether oxygens (including phenoxy) is 1. The number of likely N-dealkylation sites (N-methyl/N-ethyl adjacent to an activating group) is 1. The van der Waals surface area contributed by atoms with E-state index in [1.807, 2.05) is 4.90 Å². The van der Waals surface area contributed by atoms with Crippen LogP contribution in [0.25, 0.3) is 0 Å². The van der Waals surface area contributed by atoms with Gasteiger partial charge < -0.3 is 20.6 Å². The minimum atomic E-state index is -0.686. The van der Waals surface area contributed by atoms with Gasteiger partial charge in [-0.15, -0.1) is 0 Å². The third kappa shape index (κ3) is 4.39. The summed E-state index contributed by atoms with van der Waals surface area (Å²) in [6, 6.07) is 5.43. The molecule has 7 nitrogen and oxygen atoms in total. The second-order valence-corrected chi connectivity index (χ2v) is 7.15. The van der Waals surface area contributed by atoms with E-state index in [-0.39, 0.29) is 11.9 Å². The maximum atomic E-state index is 14.1. The molecule has 1 fully saturated rings. The number of carbonyl (C=O) groups excluding carboxylic acids is 1. The van der Waals surface area contributed by atoms with Crippen molar-refractivity contribution in [3.05, 3.63) is 35.6 Å². The van der Waals surface area contributed by atoms with Crippen LogP contribution < -0.4 is 5.73 Å². The molecule has 0 spiro atoms. The lowest BCUT2D eigenvalue weighted by Crippen LogP contribution is -2.62. The van der Waals surface area contributed by atoms with E-state index in [4.69, 9.17) is 15.7 Å². The van der Waals surface area contributed by atoms with Crippen molar-refractivity contribution in [2.75, 3.05) is 20.1 Å². The molecule has 1 saturated heterocycles. The van der Waals surface area contributed by atoms with E-state index in [2.05, 4.69) is 5.16 Å². The highest BCUT2D eigenvalue weighted by Crippen LogP contribution is 2.30. The number of benzene rings is 1. The van der Waals surface area contributed by atoms with Crippen LogP contribution in [-0.2, 0) is 4.74 Å². The number of amidine groups is 1. The topological polar surface area (TPSA) is 91.4 Å². The Labute approximate surface area is 146 Å². The molecule has 1 aromatic rings. The highest BCUT2D eigenvalue weighted by atomic mass is 19.1. The molecule has 0 unspecified atom stereocenters. The zero-order valence-electron chi connectivity index (χ0n) is 14.9. The standard InChI is InChI=1S/C17H25FN4O3/c1-17(2,3)25-16(23)21(4)11-9-22(10-11)14(15(19)20-24)12-7-5-6-8-13(12)18/h5-8,11,14,24H,9-10H2,1-4H3,(H2,19,20)/t14-/m0/s1. The zero-order valence-corrected chi connectivity index (χ0v) is 14.9. The van der Waals surface area contributed by atoms with Gasteiger partial charge in [-0.1, -0.05) is 23.4 Å². The van der Waals surface area contributed by atoms with Crippen LogP contribution in [0, 0.1) is 5.82 Å². The SMILES string of the molecule is CN(C(=O)OC(C)(C)C)C1CN([C@H](C(N)=NO)c2ccccc2F)C1. The first kappa shape index (κ1) is 19.0. The van der Waals surface area contributed by atoms with Crippen molar-refractivity contribution in [2.45, 2.75) is 38.5 Å². The first-order chi connectivity index (χ1) is 11.6. The molecule has 1 aliphatic heterocycles. The van der Waals surface area contributed by atoms with Crippen molar-refractivity contribution < 1.29 is 19.1 Å². The molecule has 0 aromatic heterocycles. The number of carbonyl (C=O) groups is 1. The molecular formula is C17H25FN4O3. The van der Waals surface area contributed by atoms with E-state index in [0.29, 0.717) is 18.7 Å². The number of rotatable bonds is 4. The van der Waals surface area contributed by atoms with Gasteiger partial charge in [0.15, 0.2) is 5.84 Å². The Balaban J connectivity index is 2.07. The van der Waals surface area contributed by atoms with Crippen molar-refractivity contribution in [3.63, 3.8) is 0 Å². The zero-order chi connectivity index (χ0) is 18.8. The number of nitrogens with zero attached hydrogens (tertiary/aromatic N) is 3. The summed E-state index contributed by atoms with van der Waals surface area (Å²) in [5.74, 6) is -0.522. The van der Waals surface area contributed by atoms with Crippen LogP contribution in [0.1, 0.15) is 32.4 Å². The number of amides is 1. The van der Waals surface area contributed by atoms with Gasteiger partial charge in [-0.05, 0) is 26.8 Å². The average molecular weight is 352 g/mol. The Morgan fingerprint density at radius 2 is 2.04 bits per heavy atom. The van der Waals surface area contributed by atoms with Gasteiger partial charge in [0.2, 0.25) is 0 Å². The van der Waals surface area contributed by atoms with E-state index in [1.165, 1.54) is 11.0 Å². The Morgan fingerprint density at radius 3 is 2.56 bits per heavy atom. The number of hydrogen-bond donors (Lipinski definition) is 2. The summed E-state index contributed by atoms with van der Waals surface area (Å²) >= 11 is 0. The van der Waals surface area contributed by atoms with E-state index < -0.39 is 23.6 Å². The minimum absolute atomic E-state index is 0.0874. The van der Waals surface area contributed by atoms with Crippen LogP contribution in [0.15, 0.2) is 29.4 Å². The molecule has 138 valence electrons. The average Bonchev–Trinajstić information content (AvgIpc) is 2.48. The quantitative estimate of drug-likeness (QED) is 0.375. The predicted octanol–water partition coefficient (Wildman–Crippen LogP) is 2.16. The van der Waals surface area contributed by atoms with E-state index in [0.717, 1.165) is 0 Å². The monoisotopic (exact) mass is 352 g/mol. The second kappa shape index (κ2) is 7.26. The lowest BCUT2D eigenvalue weighted by atomic mass is 9.97. The fraction of sp³-hybridized carbons (Fsp3) is 0.529. The molecule has 2 rings (SSSR count). The van der Waals surface area contributed by atoms with Crippen LogP contribution in [0.2, 0.25) is 0 Å². The first-order valence-corrected chi connectivity index (χ1v) is 8.05. The van der Waals surface area contributed by atoms with Gasteiger partial charge in [0.1, 0.15) is 11.4 Å². The molecule has 1 aromatic carbocycles. The summed E-state index contributed by atoms with van der Waals surface area (Å²) in [4.78, 5) is 15.5. The largest absolute Gasteiger partial charge is 0.444 e. The molecule has 0 radical (unpaired) electrons. The van der Waals surface area contributed by atoms with Gasteiger partial charge in [0.05, 0.1) is 12.1 Å². The molecule has 1 heterocycles. The minimum Gasteiger partial charge on any atom is -0.444 e. The Bertz CT molecular complexity index is 654. The molecule has 1 aliphatic rings. The van der Waals surface area contributed by atoms with Crippen molar-refractivity contribution >= 4 is 11.9 Å². The highest BCUT2D eigenvalue weighted by Gasteiger charge is 2.40. The molecule has 3 N–H and O–H groups in total. The maximum Gasteiger partial charge on any atom is 0.410 e. The van der Waals surface area contributed by atoms with Crippen LogP contribution in [-0.4, -0.2) is 58.7 Å². The smallest absolute Gasteiger partial charge is 0.410 e. The third-order valence-corrected chi connectivity index (χ3v) is 4.08. The first-order valence-electron chi connectivity index (χ1n) is 8.05. The Hall–Kier alpha value is -2.35. The van der Waals surface area contributed by atoms with Crippen LogP contribution in [0.3, 0.4) is 0 Å². The van der Waals surface area contributed by atoms with Crippen LogP contribution in [0.4, 0.5) is 9.18 Å². The Kier molecular flexibility index (Phi) is 5.52. The summed E-state index contributed by atoms with van der Waals surface area (Å²) in [6.45, 7) is 6.34. The normalized spacial score (nSPS) is 17.7. The van der Waals surface area contributed by atoms with Gasteiger partial charge in [0, 0.05) is 25.7 Å². The Morgan fingerprint density at radius 1 is 1.44 bits per heavy atom. The third-order valence-electron chi connectivity index (χ3n) is 4.08. The van der Waals surface area contributed by atoms with Crippen LogP contribution in [0.5, 0.6) is 0 Å². The lowest BCUT2D eigenvalue weighted by molar-refractivity contribution is -0.00922. The summed E-state index contributed by atoms with van der Waals surface area (Å²) in [5.41, 5.74) is 5.54. The molecule has 0 saturated carbocycles. The van der Waals surface area contributed by atoms with Gasteiger partial charge >= 0.3 is 6.09 Å². The van der Waals surface area contributed by atoms with Crippen molar-refractivity contribution in [1.82, 2.24) is 9.80 Å². The number of hydrogen-bond acceptors (Lipinski definition) is 5. The molecule has 1 atom stereocenters. The van der Waals surface area contributed by atoms with Crippen molar-refractivity contribution in [3.8, 4) is 0 Å². The van der Waals surface area contributed by atoms with Crippen molar-refractivity contribution in [1.29, 1.82) is 0 Å². The molecule has 1 amide bonds. The van der Waals surface area contributed by atoms with E-state index in [9.17, 15) is 9.18 Å². The summed E-state index contributed by atoms with van der Waals surface area (Å²) in [5, 5.41) is 12.1. The van der Waals surface area contributed by atoms with Crippen LogP contribution >= 0.6 is 0 Å². The second-order valence-electron chi connectivity index (χ2n) is 7.15. The fourth-order valence-electron chi connectivity index (χ4n) is 2.72. The van der Waals surface area contributed by atoms with Gasteiger partial charge in [0.25, 0.3) is 0 Å². The highest BCUT2D eigenvalue weighted by molar-refractivity contribution is 5.86. The van der Waals surface area contributed by atoms with Crippen molar-refractivity contribution in [2.24, 2.45) is 10.9 Å². The predicted molar refractivity (Wildman–Crippen MR) is 91.9 cm³/mol. The number of oxime groups is 1.